The summed E-state index contributed by atoms with van der Waals surface area (Å²) in [5.74, 6) is 2.75. The number of nitrogens with zero attached hydrogens (tertiary/aromatic N) is 1. The number of nitrogens with two attached hydrogens (primary N) is 1. The molecule has 2 N–H and O–H groups in total. The Hall–Kier alpha value is -0.260. The Kier molecular flexibility index (Phi) is 2.76. The summed E-state index contributed by atoms with van der Waals surface area (Å²) in [5.41, 5.74) is 5.68. The molecule has 1 aromatic heterocycles. The van der Waals surface area contributed by atoms with Crippen LogP contribution in [0, 0.1) is 6.92 Å². The Morgan fingerprint density at radius 1 is 1.62 bits per heavy atom. The topological polar surface area (TPSA) is 48.1 Å². The molecule has 0 aromatic carbocycles. The zero-order valence-electron chi connectivity index (χ0n) is 7.45. The van der Waals surface area contributed by atoms with E-state index in [9.17, 15) is 0 Å². The third kappa shape index (κ3) is 1.98. The first-order valence-corrected chi connectivity index (χ1v) is 6.16. The highest BCUT2D eigenvalue weighted by Crippen LogP contribution is 2.31. The smallest absolute Gasteiger partial charge is 0.137 e. The number of thiazole rings is 1. The van der Waals surface area contributed by atoms with E-state index in [1.54, 1.807) is 11.3 Å². The van der Waals surface area contributed by atoms with Crippen molar-refractivity contribution in [2.45, 2.75) is 13.0 Å². The van der Waals surface area contributed by atoms with Gasteiger partial charge in [0.25, 0.3) is 0 Å². The van der Waals surface area contributed by atoms with Gasteiger partial charge in [0.1, 0.15) is 16.9 Å². The van der Waals surface area contributed by atoms with Crippen LogP contribution in [-0.4, -0.2) is 23.1 Å². The van der Waals surface area contributed by atoms with Crippen molar-refractivity contribution in [1.82, 2.24) is 4.98 Å². The quantitative estimate of drug-likeness (QED) is 0.778. The van der Waals surface area contributed by atoms with Gasteiger partial charge >= 0.3 is 0 Å². The lowest BCUT2D eigenvalue weighted by molar-refractivity contribution is 0.0756. The zero-order chi connectivity index (χ0) is 9.26. The van der Waals surface area contributed by atoms with Gasteiger partial charge in [0.05, 0.1) is 6.61 Å². The third-order valence-electron chi connectivity index (χ3n) is 1.94. The van der Waals surface area contributed by atoms with Gasteiger partial charge in [0, 0.05) is 16.4 Å². The van der Waals surface area contributed by atoms with Gasteiger partial charge in [0.2, 0.25) is 0 Å². The molecule has 0 spiro atoms. The van der Waals surface area contributed by atoms with Crippen molar-refractivity contribution in [1.29, 1.82) is 0 Å². The summed E-state index contributed by atoms with van der Waals surface area (Å²) in [6, 6.07) is 0. The normalized spacial score (nSPS) is 23.3. The molecule has 2 heterocycles. The van der Waals surface area contributed by atoms with Crippen molar-refractivity contribution in [3.63, 3.8) is 0 Å². The molecule has 0 bridgehead atoms. The van der Waals surface area contributed by atoms with Gasteiger partial charge in [-0.15, -0.1) is 11.3 Å². The van der Waals surface area contributed by atoms with E-state index in [4.69, 9.17) is 10.5 Å². The summed E-state index contributed by atoms with van der Waals surface area (Å²) in [6.07, 6.45) is 0.166. The van der Waals surface area contributed by atoms with E-state index in [0.29, 0.717) is 5.82 Å². The number of aryl methyl sites for hydroxylation is 1. The fourth-order valence-electron chi connectivity index (χ4n) is 1.20. The van der Waals surface area contributed by atoms with E-state index in [1.165, 1.54) is 0 Å². The molecule has 1 aliphatic rings. The van der Waals surface area contributed by atoms with Crippen LogP contribution < -0.4 is 5.73 Å². The number of hydrogen-bond acceptors (Lipinski definition) is 5. The largest absolute Gasteiger partial charge is 0.383 e. The standard InChI is InChI=1S/C8H12N2OS2/c1-5-7(9)10-8(13-5)6-4-12-3-2-11-6/h6H,2-4,9H2,1H3. The molecule has 5 heteroatoms. The van der Waals surface area contributed by atoms with E-state index >= 15 is 0 Å². The van der Waals surface area contributed by atoms with E-state index in [2.05, 4.69) is 4.98 Å². The number of rotatable bonds is 1. The highest BCUT2D eigenvalue weighted by Gasteiger charge is 2.20. The zero-order valence-corrected chi connectivity index (χ0v) is 9.08. The molecular weight excluding hydrogens is 204 g/mol. The van der Waals surface area contributed by atoms with Crippen LogP contribution in [0.3, 0.4) is 0 Å². The molecule has 2 rings (SSSR count). The third-order valence-corrected chi connectivity index (χ3v) is 4.01. The number of thioether (sulfide) groups is 1. The fourth-order valence-corrected chi connectivity index (χ4v) is 3.04. The number of aromatic nitrogens is 1. The molecule has 1 saturated heterocycles. The summed E-state index contributed by atoms with van der Waals surface area (Å²) in [7, 11) is 0. The highest BCUT2D eigenvalue weighted by molar-refractivity contribution is 7.99. The average Bonchev–Trinajstić information content (AvgIpc) is 2.49. The number of ether oxygens (including phenoxy) is 1. The molecule has 1 aromatic rings. The van der Waals surface area contributed by atoms with Crippen LogP contribution in [0.5, 0.6) is 0 Å². The predicted octanol–water partition coefficient (Wildman–Crippen LogP) is 1.84. The predicted molar refractivity (Wildman–Crippen MR) is 57.3 cm³/mol. The van der Waals surface area contributed by atoms with E-state index in [-0.39, 0.29) is 6.10 Å². The summed E-state index contributed by atoms with van der Waals surface area (Å²) in [5, 5.41) is 1.03. The molecule has 0 amide bonds. The SMILES string of the molecule is Cc1sc(C2CSCCO2)nc1N. The minimum Gasteiger partial charge on any atom is -0.383 e. The molecule has 1 unspecified atom stereocenters. The van der Waals surface area contributed by atoms with Gasteiger partial charge in [0.15, 0.2) is 0 Å². The molecule has 72 valence electrons. The number of nitrogen functional groups attached to an aromatic ring is 1. The van der Waals surface area contributed by atoms with Crippen LogP contribution in [0.1, 0.15) is 16.0 Å². The fraction of sp³-hybridized carbons (Fsp3) is 0.625. The van der Waals surface area contributed by atoms with Gasteiger partial charge in [-0.1, -0.05) is 0 Å². The average molecular weight is 216 g/mol. The van der Waals surface area contributed by atoms with Crippen LogP contribution in [0.25, 0.3) is 0 Å². The Labute approximate surface area is 85.7 Å². The van der Waals surface area contributed by atoms with E-state index in [0.717, 1.165) is 28.0 Å². The first kappa shape index (κ1) is 9.30. The lowest BCUT2D eigenvalue weighted by atomic mass is 10.4. The molecule has 1 atom stereocenters. The van der Waals surface area contributed by atoms with Crippen molar-refractivity contribution >= 4 is 28.9 Å². The van der Waals surface area contributed by atoms with Gasteiger partial charge in [-0.05, 0) is 6.92 Å². The van der Waals surface area contributed by atoms with Gasteiger partial charge in [-0.2, -0.15) is 11.8 Å². The Bertz CT molecular complexity index is 275. The van der Waals surface area contributed by atoms with Crippen LogP contribution in [0.15, 0.2) is 0 Å². The number of anilines is 1. The minimum absolute atomic E-state index is 0.166. The minimum atomic E-state index is 0.166. The summed E-state index contributed by atoms with van der Waals surface area (Å²) in [6.45, 7) is 2.82. The summed E-state index contributed by atoms with van der Waals surface area (Å²) in [4.78, 5) is 5.38. The second-order valence-corrected chi connectivity index (χ2v) is 5.31. The summed E-state index contributed by atoms with van der Waals surface area (Å²) >= 11 is 3.56. The maximum Gasteiger partial charge on any atom is 0.137 e. The molecule has 1 aliphatic heterocycles. The molecule has 0 saturated carbocycles. The molecule has 0 radical (unpaired) electrons. The van der Waals surface area contributed by atoms with Crippen molar-refractivity contribution in [2.75, 3.05) is 23.8 Å². The lowest BCUT2D eigenvalue weighted by Gasteiger charge is -2.19. The maximum absolute atomic E-state index is 5.68. The molecule has 1 fully saturated rings. The molecule has 3 nitrogen and oxygen atoms in total. The second kappa shape index (κ2) is 3.86. The second-order valence-electron chi connectivity index (χ2n) is 2.93. The molecule has 0 aliphatic carbocycles. The van der Waals surface area contributed by atoms with E-state index in [1.807, 2.05) is 18.7 Å². The van der Waals surface area contributed by atoms with Gasteiger partial charge in [-0.3, -0.25) is 0 Å². The number of hydrogen-bond donors (Lipinski definition) is 1. The van der Waals surface area contributed by atoms with Crippen LogP contribution >= 0.6 is 23.1 Å². The first-order valence-electron chi connectivity index (χ1n) is 4.19. The van der Waals surface area contributed by atoms with Crippen LogP contribution in [-0.2, 0) is 4.74 Å². The van der Waals surface area contributed by atoms with Gasteiger partial charge < -0.3 is 10.5 Å². The Morgan fingerprint density at radius 3 is 3.00 bits per heavy atom. The Balaban J connectivity index is 2.14. The van der Waals surface area contributed by atoms with E-state index < -0.39 is 0 Å². The monoisotopic (exact) mass is 216 g/mol. The molecular formula is C8H12N2OS2. The van der Waals surface area contributed by atoms with Crippen molar-refractivity contribution in [3.8, 4) is 0 Å². The molecule has 13 heavy (non-hydrogen) atoms. The first-order chi connectivity index (χ1) is 6.27. The lowest BCUT2D eigenvalue weighted by Crippen LogP contribution is -2.15. The van der Waals surface area contributed by atoms with Crippen molar-refractivity contribution in [2.24, 2.45) is 0 Å². The van der Waals surface area contributed by atoms with Crippen molar-refractivity contribution < 1.29 is 4.74 Å². The Morgan fingerprint density at radius 2 is 2.46 bits per heavy atom. The van der Waals surface area contributed by atoms with Crippen molar-refractivity contribution in [3.05, 3.63) is 9.88 Å². The highest BCUT2D eigenvalue weighted by atomic mass is 32.2. The maximum atomic E-state index is 5.68. The van der Waals surface area contributed by atoms with Crippen LogP contribution in [0.2, 0.25) is 0 Å². The summed E-state index contributed by atoms with van der Waals surface area (Å²) < 4.78 is 5.60. The van der Waals surface area contributed by atoms with Gasteiger partial charge in [-0.25, -0.2) is 4.98 Å². The van der Waals surface area contributed by atoms with Crippen LogP contribution in [0.4, 0.5) is 5.82 Å².